The number of anilines is 1. The summed E-state index contributed by atoms with van der Waals surface area (Å²) < 4.78 is 80.3. The Kier molecular flexibility index (Phi) is 12.1. The largest absolute Gasteiger partial charge is 0.490 e. The van der Waals surface area contributed by atoms with Crippen LogP contribution in [0.2, 0.25) is 0 Å². The first kappa shape index (κ1) is 36.3. The number of thioether (sulfide) groups is 1. The van der Waals surface area contributed by atoms with Gasteiger partial charge in [-0.25, -0.2) is 19.2 Å². The van der Waals surface area contributed by atoms with Gasteiger partial charge in [-0.2, -0.15) is 31.6 Å². The van der Waals surface area contributed by atoms with Gasteiger partial charge in [0.2, 0.25) is 5.91 Å². The van der Waals surface area contributed by atoms with Crippen molar-refractivity contribution >= 4 is 35.3 Å². The Morgan fingerprint density at radius 3 is 2.11 bits per heavy atom. The van der Waals surface area contributed by atoms with E-state index in [1.165, 1.54) is 0 Å². The van der Waals surface area contributed by atoms with E-state index in [0.29, 0.717) is 36.9 Å². The zero-order valence-corrected chi connectivity index (χ0v) is 24.9. The number of carbonyl (C=O) groups excluding carboxylic acids is 1. The third-order valence-corrected chi connectivity index (χ3v) is 8.05. The SMILES string of the molecule is CCC1SCC(C#N)N1n1on1C1CCN(CC(=O)Nc2ccc3c(c2)OCCO3)CC1.O=C(O)C(F)(F)F.O=C(O)C(F)(F)F. The number of nitriles is 1. The van der Waals surface area contributed by atoms with Gasteiger partial charge in [0.15, 0.2) is 11.5 Å². The van der Waals surface area contributed by atoms with E-state index >= 15 is 0 Å². The molecule has 0 bridgehead atoms. The number of carboxylic acids is 2. The molecular weight excluding hydrogens is 658 g/mol. The average molecular weight is 689 g/mol. The van der Waals surface area contributed by atoms with Crippen LogP contribution < -0.4 is 19.8 Å². The van der Waals surface area contributed by atoms with Crippen LogP contribution in [0, 0.1) is 11.3 Å². The third kappa shape index (κ3) is 10.2. The van der Waals surface area contributed by atoms with Crippen LogP contribution in [0.4, 0.5) is 32.0 Å². The first-order valence-electron chi connectivity index (χ1n) is 13.6. The maximum atomic E-state index is 12.5. The Balaban J connectivity index is 0.000000345. The predicted octanol–water partition coefficient (Wildman–Crippen LogP) is 3.51. The molecule has 0 saturated carbocycles. The Morgan fingerprint density at radius 1 is 1.02 bits per heavy atom. The van der Waals surface area contributed by atoms with E-state index in [1.54, 1.807) is 22.8 Å². The highest BCUT2D eigenvalue weighted by atomic mass is 32.2. The van der Waals surface area contributed by atoms with Crippen molar-refractivity contribution < 1.29 is 65.0 Å². The first-order chi connectivity index (χ1) is 21.5. The van der Waals surface area contributed by atoms with Crippen molar-refractivity contribution in [2.75, 3.05) is 48.9 Å². The number of aromatic nitrogens is 2. The number of carbonyl (C=O) groups is 3. The lowest BCUT2D eigenvalue weighted by molar-refractivity contribution is -0.193. The molecule has 46 heavy (non-hydrogen) atoms. The van der Waals surface area contributed by atoms with Gasteiger partial charge in [-0.15, -0.1) is 11.8 Å². The molecule has 256 valence electrons. The highest BCUT2D eigenvalue weighted by Gasteiger charge is 2.41. The van der Waals surface area contributed by atoms with Crippen molar-refractivity contribution in [2.24, 2.45) is 0 Å². The minimum Gasteiger partial charge on any atom is -0.486 e. The molecule has 14 nitrogen and oxygen atoms in total. The van der Waals surface area contributed by atoms with Gasteiger partial charge in [-0.3, -0.25) is 9.69 Å². The summed E-state index contributed by atoms with van der Waals surface area (Å²) in [6.07, 6.45) is -7.39. The fraction of sp³-hybridized carbons (Fsp3) is 0.600. The monoisotopic (exact) mass is 688 g/mol. The number of aliphatic carboxylic acids is 2. The summed E-state index contributed by atoms with van der Waals surface area (Å²) in [5.74, 6) is -3.37. The normalized spacial score (nSPS) is 20.1. The Hall–Kier alpha value is -4.19. The number of piperidine rings is 1. The quantitative estimate of drug-likeness (QED) is 0.378. The number of fused-ring (bicyclic) bond motifs is 1. The van der Waals surface area contributed by atoms with Crippen LogP contribution in [0.5, 0.6) is 11.5 Å². The molecule has 21 heteroatoms. The molecule has 2 saturated heterocycles. The van der Waals surface area contributed by atoms with Gasteiger partial charge in [0.1, 0.15) is 19.3 Å². The molecule has 0 spiro atoms. The summed E-state index contributed by atoms with van der Waals surface area (Å²) in [5, 5.41) is 29.0. The zero-order valence-electron chi connectivity index (χ0n) is 24.1. The van der Waals surface area contributed by atoms with E-state index in [4.69, 9.17) is 33.9 Å². The number of alkyl halides is 6. The molecule has 1 aromatic heterocycles. The maximum Gasteiger partial charge on any atom is 0.490 e. The van der Waals surface area contributed by atoms with E-state index in [9.17, 15) is 36.4 Å². The fourth-order valence-corrected chi connectivity index (χ4v) is 5.67. The number of likely N-dealkylation sites (tertiary alicyclic amines) is 1. The van der Waals surface area contributed by atoms with E-state index in [0.717, 1.165) is 38.1 Å². The number of rotatable bonds is 6. The standard InChI is InChI=1S/C21H28N6O4S.2C2HF3O2/c1-2-21-25(17(12-22)14-32-21)27-26(31-27)16-5-7-24(8-6-16)13-20(28)23-15-3-4-18-19(11-15)30-10-9-29-18;2*3-2(4,5)1(6)7/h3-4,11,16-17,21H,2,5-10,13-14H2,1H3,(H,23,28);2*(H,6,7). The predicted molar refractivity (Wildman–Crippen MR) is 147 cm³/mol. The lowest BCUT2D eigenvalue weighted by Crippen LogP contribution is -2.43. The molecule has 2 fully saturated rings. The Bertz CT molecular complexity index is 1350. The average Bonchev–Trinajstić information content (AvgIpc) is 3.67. The summed E-state index contributed by atoms with van der Waals surface area (Å²) in [6.45, 7) is 5.19. The lowest BCUT2D eigenvalue weighted by atomic mass is 10.1. The molecule has 2 atom stereocenters. The number of halogens is 6. The number of ether oxygens (including phenoxy) is 2. The second kappa shape index (κ2) is 15.4. The van der Waals surface area contributed by atoms with E-state index in [2.05, 4.69) is 28.2 Å². The molecule has 2 aromatic rings. The van der Waals surface area contributed by atoms with Crippen molar-refractivity contribution in [1.82, 2.24) is 14.7 Å². The van der Waals surface area contributed by atoms with Crippen molar-refractivity contribution in [3.8, 4) is 17.6 Å². The highest BCUT2D eigenvalue weighted by molar-refractivity contribution is 8.00. The van der Waals surface area contributed by atoms with Crippen LogP contribution in [-0.2, 0) is 14.4 Å². The topological polar surface area (TPSA) is 175 Å². The van der Waals surface area contributed by atoms with Gasteiger partial charge < -0.3 is 25.0 Å². The molecule has 4 heterocycles. The molecule has 3 N–H and O–H groups in total. The number of amides is 1. The molecule has 3 aliphatic rings. The van der Waals surface area contributed by atoms with Gasteiger partial charge in [-0.05, 0) is 31.4 Å². The van der Waals surface area contributed by atoms with Crippen LogP contribution in [0.1, 0.15) is 32.2 Å². The summed E-state index contributed by atoms with van der Waals surface area (Å²) in [7, 11) is 0. The van der Waals surface area contributed by atoms with Crippen LogP contribution in [0.15, 0.2) is 22.8 Å². The van der Waals surface area contributed by atoms with Crippen molar-refractivity contribution in [1.29, 1.82) is 5.26 Å². The molecule has 1 amide bonds. The van der Waals surface area contributed by atoms with E-state index in [1.807, 2.05) is 17.0 Å². The Morgan fingerprint density at radius 2 is 1.59 bits per heavy atom. The number of nitrogens with zero attached hydrogens (tertiary/aromatic N) is 5. The number of nitrogens with one attached hydrogen (secondary N) is 1. The molecular formula is C25H30F6N6O8S. The lowest BCUT2D eigenvalue weighted by Gasteiger charge is -2.29. The summed E-state index contributed by atoms with van der Waals surface area (Å²) >= 11 is 1.80. The molecule has 1 aromatic carbocycles. The maximum absolute atomic E-state index is 12.5. The molecule has 5 rings (SSSR count). The second-order valence-electron chi connectivity index (χ2n) is 9.88. The van der Waals surface area contributed by atoms with Gasteiger partial charge in [0.05, 0.1) is 24.0 Å². The van der Waals surface area contributed by atoms with Gasteiger partial charge in [0, 0.05) is 35.6 Å². The van der Waals surface area contributed by atoms with E-state index in [-0.39, 0.29) is 23.4 Å². The number of benzene rings is 1. The summed E-state index contributed by atoms with van der Waals surface area (Å²) in [5.41, 5.74) is 0.711. The second-order valence-corrected chi connectivity index (χ2v) is 11.1. The number of hydrogen-bond donors (Lipinski definition) is 3. The van der Waals surface area contributed by atoms with Crippen LogP contribution in [-0.4, -0.2) is 105 Å². The fourth-order valence-electron chi connectivity index (χ4n) is 4.42. The summed E-state index contributed by atoms with van der Waals surface area (Å²) in [4.78, 5) is 36.2. The van der Waals surface area contributed by atoms with Gasteiger partial charge in [0.25, 0.3) is 0 Å². The molecule has 0 radical (unpaired) electrons. The number of carboxylic acid groups (broad SMARTS) is 2. The minimum absolute atomic E-state index is 0.0403. The zero-order chi connectivity index (χ0) is 34.2. The smallest absolute Gasteiger partial charge is 0.486 e. The van der Waals surface area contributed by atoms with Crippen molar-refractivity contribution in [3.05, 3.63) is 18.2 Å². The molecule has 3 aliphatic heterocycles. The van der Waals surface area contributed by atoms with Crippen molar-refractivity contribution in [2.45, 2.75) is 56.0 Å². The summed E-state index contributed by atoms with van der Waals surface area (Å²) in [6, 6.07) is 7.94. The van der Waals surface area contributed by atoms with Gasteiger partial charge >= 0.3 is 24.3 Å². The minimum atomic E-state index is -5.08. The van der Waals surface area contributed by atoms with Crippen molar-refractivity contribution in [3.63, 3.8) is 0 Å². The van der Waals surface area contributed by atoms with Crippen LogP contribution in [0.25, 0.3) is 0 Å². The molecule has 2 unspecified atom stereocenters. The van der Waals surface area contributed by atoms with Crippen LogP contribution >= 0.6 is 11.8 Å². The third-order valence-electron chi connectivity index (χ3n) is 6.60. The first-order valence-corrected chi connectivity index (χ1v) is 14.7. The van der Waals surface area contributed by atoms with Gasteiger partial charge in [-0.1, -0.05) is 11.8 Å². The Labute approximate surface area is 261 Å². The van der Waals surface area contributed by atoms with E-state index < -0.39 is 24.3 Å². The van der Waals surface area contributed by atoms with Crippen LogP contribution in [0.3, 0.4) is 0 Å². The number of hydrogen-bond acceptors (Lipinski definition) is 10. The molecule has 0 aliphatic carbocycles. The highest BCUT2D eigenvalue weighted by Crippen LogP contribution is 2.34.